The molecule has 96 valence electrons. The van der Waals surface area contributed by atoms with Crippen LogP contribution in [0.2, 0.25) is 0 Å². The molecule has 0 fully saturated rings. The largest absolute Gasteiger partial charge is 0.464 e. The Morgan fingerprint density at radius 1 is 1.59 bits per heavy atom. The van der Waals surface area contributed by atoms with Gasteiger partial charge in [-0.15, -0.1) is 0 Å². The van der Waals surface area contributed by atoms with E-state index in [-0.39, 0.29) is 17.3 Å². The van der Waals surface area contributed by atoms with E-state index in [0.29, 0.717) is 13.0 Å². The molecule has 0 bridgehead atoms. The molecule has 1 aromatic heterocycles. The summed E-state index contributed by atoms with van der Waals surface area (Å²) in [5.41, 5.74) is 5.67. The van der Waals surface area contributed by atoms with Gasteiger partial charge in [-0.1, -0.05) is 0 Å². The van der Waals surface area contributed by atoms with Gasteiger partial charge in [0.25, 0.3) is 0 Å². The average molecular weight is 262 g/mol. The number of hydrogen-bond donors (Lipinski definition) is 2. The molecule has 0 amide bonds. The van der Waals surface area contributed by atoms with Crippen LogP contribution in [0.1, 0.15) is 16.9 Å². The maximum absolute atomic E-state index is 11.2. The van der Waals surface area contributed by atoms with Crippen LogP contribution in [-0.2, 0) is 21.3 Å². The second-order valence-electron chi connectivity index (χ2n) is 3.38. The van der Waals surface area contributed by atoms with Gasteiger partial charge < -0.3 is 15.0 Å². The lowest BCUT2D eigenvalue weighted by Crippen LogP contribution is -2.18. The Morgan fingerprint density at radius 3 is 2.76 bits per heavy atom. The molecule has 17 heavy (non-hydrogen) atoms. The Balaban J connectivity index is 2.68. The quantitative estimate of drug-likeness (QED) is 0.650. The van der Waals surface area contributed by atoms with Crippen LogP contribution >= 0.6 is 0 Å². The van der Waals surface area contributed by atoms with Crippen molar-refractivity contribution in [3.05, 3.63) is 12.0 Å². The SMILES string of the molecule is COC(=O)c1ncn(CCCS(N)(=O)=O)c1N. The summed E-state index contributed by atoms with van der Waals surface area (Å²) in [6, 6.07) is 0. The zero-order valence-electron chi connectivity index (χ0n) is 9.29. The fourth-order valence-corrected chi connectivity index (χ4v) is 1.79. The van der Waals surface area contributed by atoms with Crippen LogP contribution in [0.15, 0.2) is 6.33 Å². The summed E-state index contributed by atoms with van der Waals surface area (Å²) >= 11 is 0. The molecule has 9 heteroatoms. The molecule has 8 nitrogen and oxygen atoms in total. The fraction of sp³-hybridized carbons (Fsp3) is 0.500. The number of nitrogens with zero attached hydrogens (tertiary/aromatic N) is 2. The first-order chi connectivity index (χ1) is 7.85. The minimum absolute atomic E-state index is 0.0168. The number of hydrogen-bond acceptors (Lipinski definition) is 6. The Morgan fingerprint density at radius 2 is 2.24 bits per heavy atom. The van der Waals surface area contributed by atoms with Crippen molar-refractivity contribution in [3.63, 3.8) is 0 Å². The molecule has 0 radical (unpaired) electrons. The standard InChI is InChI=1S/C8H14N4O4S/c1-16-8(13)6-7(9)12(5-11-6)3-2-4-17(10,14)15/h5H,2-4,9H2,1H3,(H2,10,14,15). The minimum Gasteiger partial charge on any atom is -0.464 e. The van der Waals surface area contributed by atoms with E-state index in [4.69, 9.17) is 10.9 Å². The van der Waals surface area contributed by atoms with E-state index >= 15 is 0 Å². The van der Waals surface area contributed by atoms with Crippen LogP contribution in [0.25, 0.3) is 0 Å². The maximum Gasteiger partial charge on any atom is 0.360 e. The second kappa shape index (κ2) is 5.15. The van der Waals surface area contributed by atoms with Crippen molar-refractivity contribution in [3.8, 4) is 0 Å². The second-order valence-corrected chi connectivity index (χ2v) is 5.12. The first kappa shape index (κ1) is 13.5. The van der Waals surface area contributed by atoms with Crippen LogP contribution in [-0.4, -0.2) is 36.8 Å². The number of anilines is 1. The van der Waals surface area contributed by atoms with Gasteiger partial charge in [0.05, 0.1) is 19.2 Å². The van der Waals surface area contributed by atoms with Gasteiger partial charge in [-0.3, -0.25) is 0 Å². The number of esters is 1. The maximum atomic E-state index is 11.2. The zero-order valence-corrected chi connectivity index (χ0v) is 10.1. The zero-order chi connectivity index (χ0) is 13.1. The number of imidazole rings is 1. The van der Waals surface area contributed by atoms with Crippen LogP contribution in [0.4, 0.5) is 5.82 Å². The van der Waals surface area contributed by atoms with E-state index in [1.165, 1.54) is 18.0 Å². The summed E-state index contributed by atoms with van der Waals surface area (Å²) in [7, 11) is -2.26. The number of nitrogens with two attached hydrogens (primary N) is 2. The molecule has 0 aliphatic heterocycles. The molecule has 1 aromatic rings. The lowest BCUT2D eigenvalue weighted by atomic mass is 10.4. The number of carbonyl (C=O) groups excluding carboxylic acids is 1. The van der Waals surface area contributed by atoms with E-state index in [1.54, 1.807) is 0 Å². The highest BCUT2D eigenvalue weighted by Gasteiger charge is 2.16. The average Bonchev–Trinajstić information content (AvgIpc) is 2.58. The summed E-state index contributed by atoms with van der Waals surface area (Å²) in [6.45, 7) is 0.312. The molecule has 0 atom stereocenters. The molecule has 0 unspecified atom stereocenters. The lowest BCUT2D eigenvalue weighted by molar-refractivity contribution is 0.0596. The summed E-state index contributed by atoms with van der Waals surface area (Å²) < 4.78 is 27.4. The molecule has 0 spiro atoms. The summed E-state index contributed by atoms with van der Waals surface area (Å²) in [5.74, 6) is -0.642. The monoisotopic (exact) mass is 262 g/mol. The smallest absolute Gasteiger partial charge is 0.360 e. The Labute approximate surface area is 98.6 Å². The van der Waals surface area contributed by atoms with Crippen molar-refractivity contribution in [1.29, 1.82) is 0 Å². The number of primary sulfonamides is 1. The van der Waals surface area contributed by atoms with Gasteiger partial charge in [0.15, 0.2) is 5.69 Å². The molecule has 4 N–H and O–H groups in total. The summed E-state index contributed by atoms with van der Waals surface area (Å²) in [5, 5.41) is 4.85. The van der Waals surface area contributed by atoms with E-state index in [9.17, 15) is 13.2 Å². The van der Waals surface area contributed by atoms with Gasteiger partial charge in [-0.05, 0) is 6.42 Å². The van der Waals surface area contributed by atoms with E-state index in [1.807, 2.05) is 0 Å². The van der Waals surface area contributed by atoms with E-state index in [0.717, 1.165) is 0 Å². The van der Waals surface area contributed by atoms with Gasteiger partial charge >= 0.3 is 5.97 Å². The Hall–Kier alpha value is -1.61. The molecule has 0 saturated carbocycles. The third kappa shape index (κ3) is 3.71. The molecule has 1 heterocycles. The van der Waals surface area contributed by atoms with Gasteiger partial charge in [-0.2, -0.15) is 0 Å². The molecule has 0 aliphatic carbocycles. The number of aromatic nitrogens is 2. The third-order valence-electron chi connectivity index (χ3n) is 2.08. The van der Waals surface area contributed by atoms with Crippen LogP contribution in [0.5, 0.6) is 0 Å². The molecule has 0 saturated heterocycles. The third-order valence-corrected chi connectivity index (χ3v) is 2.94. The van der Waals surface area contributed by atoms with E-state index in [2.05, 4.69) is 9.72 Å². The topological polar surface area (TPSA) is 130 Å². The van der Waals surface area contributed by atoms with Gasteiger partial charge in [0.2, 0.25) is 10.0 Å². The predicted octanol–water partition coefficient (Wildman–Crippen LogP) is -1.07. The molecule has 0 aromatic carbocycles. The van der Waals surface area contributed by atoms with Crippen molar-refractivity contribution in [2.45, 2.75) is 13.0 Å². The van der Waals surface area contributed by atoms with Crippen LogP contribution < -0.4 is 10.9 Å². The van der Waals surface area contributed by atoms with Gasteiger partial charge in [-0.25, -0.2) is 23.3 Å². The highest BCUT2D eigenvalue weighted by molar-refractivity contribution is 7.89. The molecule has 1 rings (SSSR count). The highest BCUT2D eigenvalue weighted by Crippen LogP contribution is 2.11. The highest BCUT2D eigenvalue weighted by atomic mass is 32.2. The van der Waals surface area contributed by atoms with Crippen molar-refractivity contribution in [2.24, 2.45) is 5.14 Å². The normalized spacial score (nSPS) is 11.4. The number of sulfonamides is 1. The number of carbonyl (C=O) groups is 1. The molecular formula is C8H14N4O4S. The van der Waals surface area contributed by atoms with Crippen molar-refractivity contribution >= 4 is 21.8 Å². The molecule has 0 aliphatic rings. The predicted molar refractivity (Wildman–Crippen MR) is 60.6 cm³/mol. The number of ether oxygens (including phenoxy) is 1. The van der Waals surface area contributed by atoms with Crippen molar-refractivity contribution in [2.75, 3.05) is 18.6 Å². The van der Waals surface area contributed by atoms with Crippen molar-refractivity contribution in [1.82, 2.24) is 9.55 Å². The lowest BCUT2D eigenvalue weighted by Gasteiger charge is -2.04. The fourth-order valence-electron chi connectivity index (χ4n) is 1.26. The Bertz CT molecular complexity index is 508. The Kier molecular flexibility index (Phi) is 4.07. The van der Waals surface area contributed by atoms with Crippen LogP contribution in [0.3, 0.4) is 0 Å². The first-order valence-corrected chi connectivity index (χ1v) is 6.46. The number of rotatable bonds is 5. The molecular weight excluding hydrogens is 248 g/mol. The number of aryl methyl sites for hydroxylation is 1. The van der Waals surface area contributed by atoms with Crippen molar-refractivity contribution < 1.29 is 17.9 Å². The van der Waals surface area contributed by atoms with Gasteiger partial charge in [0, 0.05) is 6.54 Å². The minimum atomic E-state index is -3.49. The summed E-state index contributed by atoms with van der Waals surface area (Å²) in [4.78, 5) is 15.0. The van der Waals surface area contributed by atoms with Crippen LogP contribution in [0, 0.1) is 0 Å². The number of methoxy groups -OCH3 is 1. The van der Waals surface area contributed by atoms with Gasteiger partial charge in [0.1, 0.15) is 5.82 Å². The number of nitrogen functional groups attached to an aromatic ring is 1. The first-order valence-electron chi connectivity index (χ1n) is 4.74. The summed E-state index contributed by atoms with van der Waals surface area (Å²) in [6.07, 6.45) is 1.64. The van der Waals surface area contributed by atoms with E-state index < -0.39 is 16.0 Å².